The van der Waals surface area contributed by atoms with Crippen LogP contribution >= 0.6 is 0 Å². The highest BCUT2D eigenvalue weighted by atomic mass is 19.1. The van der Waals surface area contributed by atoms with E-state index in [4.69, 9.17) is 0 Å². The summed E-state index contributed by atoms with van der Waals surface area (Å²) >= 11 is 0. The molecule has 0 saturated carbocycles. The number of rotatable bonds is 3. The third kappa shape index (κ3) is 2.51. The van der Waals surface area contributed by atoms with Crippen molar-refractivity contribution in [1.29, 1.82) is 0 Å². The highest BCUT2D eigenvalue weighted by Crippen LogP contribution is 2.11. The van der Waals surface area contributed by atoms with Gasteiger partial charge in [0, 0.05) is 21.1 Å². The highest BCUT2D eigenvalue weighted by Gasteiger charge is 2.05. The van der Waals surface area contributed by atoms with E-state index < -0.39 is 5.82 Å². The van der Waals surface area contributed by atoms with Crippen LogP contribution in [0.15, 0.2) is 6.20 Å². The lowest BCUT2D eigenvalue weighted by Crippen LogP contribution is -2.21. The van der Waals surface area contributed by atoms with E-state index in [1.165, 1.54) is 0 Å². The summed E-state index contributed by atoms with van der Waals surface area (Å²) in [5.74, 6) is 0.0581. The Labute approximate surface area is 76.0 Å². The summed E-state index contributed by atoms with van der Waals surface area (Å²) in [6, 6.07) is 0. The van der Waals surface area contributed by atoms with E-state index in [-0.39, 0.29) is 5.82 Å². The number of hydrazine groups is 1. The number of hydrogen-bond acceptors (Lipinski definition) is 5. The van der Waals surface area contributed by atoms with Gasteiger partial charge in [-0.1, -0.05) is 0 Å². The average molecular weight is 185 g/mol. The van der Waals surface area contributed by atoms with Crippen LogP contribution in [0.2, 0.25) is 0 Å². The largest absolute Gasteiger partial charge is 0.357 e. The molecule has 0 atom stereocenters. The molecule has 13 heavy (non-hydrogen) atoms. The molecule has 72 valence electrons. The number of nitrogens with zero attached hydrogens (tertiary/aromatic N) is 3. The Morgan fingerprint density at radius 3 is 2.69 bits per heavy atom. The minimum atomic E-state index is -0.479. The molecule has 1 aromatic rings. The van der Waals surface area contributed by atoms with Gasteiger partial charge in [0.05, 0.1) is 6.20 Å². The third-order valence-electron chi connectivity index (χ3n) is 1.30. The van der Waals surface area contributed by atoms with Crippen LogP contribution in [0.3, 0.4) is 0 Å². The molecule has 0 saturated heterocycles. The van der Waals surface area contributed by atoms with Crippen molar-refractivity contribution in [3.05, 3.63) is 12.0 Å². The monoisotopic (exact) mass is 185 g/mol. The Bertz CT molecular complexity index is 288. The van der Waals surface area contributed by atoms with Crippen molar-refractivity contribution < 1.29 is 4.39 Å². The van der Waals surface area contributed by atoms with E-state index in [1.54, 1.807) is 26.2 Å². The van der Waals surface area contributed by atoms with Gasteiger partial charge in [0.25, 0.3) is 0 Å². The Kier molecular flexibility index (Phi) is 2.97. The van der Waals surface area contributed by atoms with E-state index in [9.17, 15) is 4.39 Å². The van der Waals surface area contributed by atoms with Gasteiger partial charge in [0.1, 0.15) is 0 Å². The molecule has 2 N–H and O–H groups in total. The molecule has 0 aliphatic rings. The first-order valence-electron chi connectivity index (χ1n) is 3.77. The Hall–Kier alpha value is -1.43. The van der Waals surface area contributed by atoms with Crippen molar-refractivity contribution in [2.24, 2.45) is 0 Å². The molecule has 0 fully saturated rings. The standard InChI is InChI=1S/C7H12FN5/c1-9-7-10-4-5(8)6(11-7)12-13(2)3/h4H,1-3H3,(H2,9,10,11,12). The van der Waals surface area contributed by atoms with Gasteiger partial charge in [-0.05, 0) is 0 Å². The maximum Gasteiger partial charge on any atom is 0.224 e. The van der Waals surface area contributed by atoms with E-state index in [1.807, 2.05) is 0 Å². The molecule has 6 heteroatoms. The van der Waals surface area contributed by atoms with Gasteiger partial charge in [0.2, 0.25) is 5.95 Å². The predicted molar refractivity (Wildman–Crippen MR) is 48.8 cm³/mol. The molecule has 0 aromatic carbocycles. The van der Waals surface area contributed by atoms with Crippen LogP contribution in [0.5, 0.6) is 0 Å². The summed E-state index contributed by atoms with van der Waals surface area (Å²) in [6.45, 7) is 0. The fraction of sp³-hybridized carbons (Fsp3) is 0.429. The van der Waals surface area contributed by atoms with Crippen LogP contribution in [0.25, 0.3) is 0 Å². The van der Waals surface area contributed by atoms with Crippen molar-refractivity contribution in [3.63, 3.8) is 0 Å². The van der Waals surface area contributed by atoms with Gasteiger partial charge in [-0.2, -0.15) is 4.98 Å². The quantitative estimate of drug-likeness (QED) is 0.673. The van der Waals surface area contributed by atoms with Crippen LogP contribution in [0, 0.1) is 5.82 Å². The second-order valence-electron chi connectivity index (χ2n) is 2.65. The van der Waals surface area contributed by atoms with Crippen molar-refractivity contribution in [1.82, 2.24) is 15.0 Å². The van der Waals surface area contributed by atoms with Crippen molar-refractivity contribution >= 4 is 11.8 Å². The van der Waals surface area contributed by atoms with E-state index in [0.717, 1.165) is 6.20 Å². The summed E-state index contributed by atoms with van der Waals surface area (Å²) in [5.41, 5.74) is 2.71. The van der Waals surface area contributed by atoms with Gasteiger partial charge in [0.15, 0.2) is 11.6 Å². The molecule has 1 aromatic heterocycles. The summed E-state index contributed by atoms with van der Waals surface area (Å²) < 4.78 is 13.0. The van der Waals surface area contributed by atoms with E-state index in [0.29, 0.717) is 5.95 Å². The topological polar surface area (TPSA) is 53.1 Å². The van der Waals surface area contributed by atoms with Crippen LogP contribution in [-0.4, -0.2) is 36.1 Å². The summed E-state index contributed by atoms with van der Waals surface area (Å²) in [7, 11) is 5.17. The number of hydrogen-bond donors (Lipinski definition) is 2. The molecular formula is C7H12FN5. The van der Waals surface area contributed by atoms with Gasteiger partial charge in [-0.15, -0.1) is 0 Å². The van der Waals surface area contributed by atoms with Gasteiger partial charge >= 0.3 is 0 Å². The first-order chi connectivity index (χ1) is 6.13. The first kappa shape index (κ1) is 9.66. The fourth-order valence-corrected chi connectivity index (χ4v) is 0.778. The molecule has 0 aliphatic heterocycles. The molecule has 5 nitrogen and oxygen atoms in total. The normalized spacial score (nSPS) is 10.2. The van der Waals surface area contributed by atoms with Crippen molar-refractivity contribution in [3.8, 4) is 0 Å². The SMILES string of the molecule is CNc1ncc(F)c(NN(C)C)n1. The molecule has 1 rings (SSSR count). The average Bonchev–Trinajstić information content (AvgIpc) is 2.08. The van der Waals surface area contributed by atoms with E-state index >= 15 is 0 Å². The molecule has 0 radical (unpaired) electrons. The van der Waals surface area contributed by atoms with Crippen LogP contribution in [0.4, 0.5) is 16.2 Å². The summed E-state index contributed by atoms with van der Waals surface area (Å²) in [4.78, 5) is 7.59. The molecule has 0 amide bonds. The summed E-state index contributed by atoms with van der Waals surface area (Å²) in [5, 5.41) is 4.32. The number of aromatic nitrogens is 2. The first-order valence-corrected chi connectivity index (χ1v) is 3.77. The van der Waals surface area contributed by atoms with Gasteiger partial charge in [-0.3, -0.25) is 0 Å². The van der Waals surface area contributed by atoms with Crippen LogP contribution in [0.1, 0.15) is 0 Å². The molecular weight excluding hydrogens is 173 g/mol. The lowest BCUT2D eigenvalue weighted by Gasteiger charge is -2.13. The Balaban J connectivity index is 2.90. The zero-order chi connectivity index (χ0) is 9.84. The smallest absolute Gasteiger partial charge is 0.224 e. The predicted octanol–water partition coefficient (Wildman–Crippen LogP) is 0.546. The maximum absolute atomic E-state index is 13.0. The Morgan fingerprint density at radius 2 is 2.15 bits per heavy atom. The lowest BCUT2D eigenvalue weighted by atomic mass is 10.5. The van der Waals surface area contributed by atoms with Crippen molar-refractivity contribution in [2.75, 3.05) is 31.9 Å². The fourth-order valence-electron chi connectivity index (χ4n) is 0.778. The molecule has 0 aliphatic carbocycles. The molecule has 0 spiro atoms. The number of nitrogens with one attached hydrogen (secondary N) is 2. The zero-order valence-electron chi connectivity index (χ0n) is 7.80. The highest BCUT2D eigenvalue weighted by molar-refractivity contribution is 5.39. The zero-order valence-corrected chi connectivity index (χ0v) is 7.80. The maximum atomic E-state index is 13.0. The summed E-state index contributed by atoms with van der Waals surface area (Å²) in [6.07, 6.45) is 1.12. The third-order valence-corrected chi connectivity index (χ3v) is 1.30. The lowest BCUT2D eigenvalue weighted by molar-refractivity contribution is 0.482. The van der Waals surface area contributed by atoms with Crippen LogP contribution < -0.4 is 10.7 Å². The second-order valence-corrected chi connectivity index (χ2v) is 2.65. The van der Waals surface area contributed by atoms with Crippen LogP contribution in [-0.2, 0) is 0 Å². The van der Waals surface area contributed by atoms with Crippen molar-refractivity contribution in [2.45, 2.75) is 0 Å². The Morgan fingerprint density at radius 1 is 1.46 bits per heavy atom. The van der Waals surface area contributed by atoms with E-state index in [2.05, 4.69) is 20.7 Å². The second kappa shape index (κ2) is 3.99. The molecule has 0 unspecified atom stereocenters. The molecule has 1 heterocycles. The number of anilines is 2. The van der Waals surface area contributed by atoms with Gasteiger partial charge in [-0.25, -0.2) is 14.4 Å². The molecule has 0 bridgehead atoms. The van der Waals surface area contributed by atoms with Gasteiger partial charge < -0.3 is 10.7 Å². The minimum Gasteiger partial charge on any atom is -0.357 e. The minimum absolute atomic E-state index is 0.157. The number of halogens is 1.